The molecule has 0 radical (unpaired) electrons. The van der Waals surface area contributed by atoms with Crippen LogP contribution in [-0.4, -0.2) is 57.8 Å². The number of rotatable bonds is 6. The second kappa shape index (κ2) is 8.47. The van der Waals surface area contributed by atoms with Crippen LogP contribution in [0.25, 0.3) is 0 Å². The molecule has 0 bridgehead atoms. The molecule has 1 fully saturated rings. The Hall–Kier alpha value is -2.89. The smallest absolute Gasteiger partial charge is 0.260 e. The van der Waals surface area contributed by atoms with E-state index in [-0.39, 0.29) is 12.5 Å². The Labute approximate surface area is 153 Å². The summed E-state index contributed by atoms with van der Waals surface area (Å²) in [4.78, 5) is 16.5. The van der Waals surface area contributed by atoms with E-state index in [1.54, 1.807) is 20.3 Å². The van der Waals surface area contributed by atoms with E-state index in [0.717, 1.165) is 24.5 Å². The third-order valence-corrected chi connectivity index (χ3v) is 4.47. The van der Waals surface area contributed by atoms with Gasteiger partial charge in [0, 0.05) is 37.9 Å². The van der Waals surface area contributed by atoms with Crippen LogP contribution in [0, 0.1) is 0 Å². The average molecular weight is 356 g/mol. The van der Waals surface area contributed by atoms with E-state index < -0.39 is 0 Å². The number of benzene rings is 2. The number of methoxy groups -OCH3 is 2. The lowest BCUT2D eigenvalue weighted by molar-refractivity contribution is -0.133. The fourth-order valence-corrected chi connectivity index (χ4v) is 2.93. The zero-order chi connectivity index (χ0) is 18.4. The first-order valence-corrected chi connectivity index (χ1v) is 8.63. The lowest BCUT2D eigenvalue weighted by atomic mass is 10.2. The summed E-state index contributed by atoms with van der Waals surface area (Å²) in [7, 11) is 3.26. The Morgan fingerprint density at radius 3 is 2.19 bits per heavy atom. The molecule has 6 heteroatoms. The van der Waals surface area contributed by atoms with Crippen molar-refractivity contribution < 1.29 is 19.0 Å². The van der Waals surface area contributed by atoms with Crippen LogP contribution in [-0.2, 0) is 4.79 Å². The highest BCUT2D eigenvalue weighted by Crippen LogP contribution is 2.21. The SMILES string of the molecule is COc1ccc(N2CCN(C(=O)COc3cccc(OC)c3)CC2)cc1. The molecule has 0 saturated carbocycles. The monoisotopic (exact) mass is 356 g/mol. The van der Waals surface area contributed by atoms with Gasteiger partial charge in [-0.1, -0.05) is 6.07 Å². The Bertz CT molecular complexity index is 725. The van der Waals surface area contributed by atoms with Gasteiger partial charge in [-0.2, -0.15) is 0 Å². The summed E-state index contributed by atoms with van der Waals surface area (Å²) in [5.41, 5.74) is 1.14. The van der Waals surface area contributed by atoms with Gasteiger partial charge in [0.15, 0.2) is 6.61 Å². The predicted molar refractivity (Wildman–Crippen MR) is 100 cm³/mol. The molecule has 1 amide bonds. The molecule has 1 saturated heterocycles. The van der Waals surface area contributed by atoms with Crippen molar-refractivity contribution in [3.8, 4) is 17.2 Å². The second-order valence-corrected chi connectivity index (χ2v) is 6.03. The van der Waals surface area contributed by atoms with Crippen LogP contribution in [0.4, 0.5) is 5.69 Å². The third-order valence-electron chi connectivity index (χ3n) is 4.47. The number of amides is 1. The molecule has 6 nitrogen and oxygen atoms in total. The third kappa shape index (κ3) is 4.39. The van der Waals surface area contributed by atoms with Crippen molar-refractivity contribution in [2.45, 2.75) is 0 Å². The van der Waals surface area contributed by atoms with E-state index in [1.165, 1.54) is 0 Å². The predicted octanol–water partition coefficient (Wildman–Crippen LogP) is 2.43. The molecule has 0 spiro atoms. The fraction of sp³-hybridized carbons (Fsp3) is 0.350. The van der Waals surface area contributed by atoms with E-state index in [1.807, 2.05) is 47.4 Å². The van der Waals surface area contributed by atoms with E-state index in [0.29, 0.717) is 24.6 Å². The quantitative estimate of drug-likeness (QED) is 0.796. The molecule has 138 valence electrons. The molecule has 1 heterocycles. The molecule has 2 aromatic carbocycles. The highest BCUT2D eigenvalue weighted by atomic mass is 16.5. The van der Waals surface area contributed by atoms with Crippen molar-refractivity contribution in [3.05, 3.63) is 48.5 Å². The van der Waals surface area contributed by atoms with Gasteiger partial charge in [0.05, 0.1) is 14.2 Å². The van der Waals surface area contributed by atoms with Gasteiger partial charge >= 0.3 is 0 Å². The molecule has 0 aromatic heterocycles. The lowest BCUT2D eigenvalue weighted by Crippen LogP contribution is -2.50. The van der Waals surface area contributed by atoms with Crippen molar-refractivity contribution in [3.63, 3.8) is 0 Å². The number of carbonyl (C=O) groups is 1. The first-order valence-electron chi connectivity index (χ1n) is 8.63. The van der Waals surface area contributed by atoms with Crippen LogP contribution >= 0.6 is 0 Å². The van der Waals surface area contributed by atoms with E-state index in [9.17, 15) is 4.79 Å². The molecule has 2 aromatic rings. The molecule has 1 aliphatic heterocycles. The van der Waals surface area contributed by atoms with Crippen molar-refractivity contribution in [2.75, 3.05) is 51.9 Å². The van der Waals surface area contributed by atoms with Gasteiger partial charge in [-0.3, -0.25) is 4.79 Å². The molecule has 0 unspecified atom stereocenters. The summed E-state index contributed by atoms with van der Waals surface area (Å²) in [6, 6.07) is 15.3. The Morgan fingerprint density at radius 1 is 0.885 bits per heavy atom. The van der Waals surface area contributed by atoms with Crippen molar-refractivity contribution in [2.24, 2.45) is 0 Å². The minimum Gasteiger partial charge on any atom is -0.497 e. The van der Waals surface area contributed by atoms with Gasteiger partial charge in [-0.05, 0) is 36.4 Å². The summed E-state index contributed by atoms with van der Waals surface area (Å²) in [6.07, 6.45) is 0. The van der Waals surface area contributed by atoms with Crippen LogP contribution in [0.5, 0.6) is 17.2 Å². The van der Waals surface area contributed by atoms with Crippen LogP contribution in [0.3, 0.4) is 0 Å². The molecular weight excluding hydrogens is 332 g/mol. The second-order valence-electron chi connectivity index (χ2n) is 6.03. The highest BCUT2D eigenvalue weighted by molar-refractivity contribution is 5.78. The van der Waals surface area contributed by atoms with E-state index in [2.05, 4.69) is 4.90 Å². The van der Waals surface area contributed by atoms with Gasteiger partial charge in [0.2, 0.25) is 0 Å². The Morgan fingerprint density at radius 2 is 1.54 bits per heavy atom. The number of ether oxygens (including phenoxy) is 3. The topological polar surface area (TPSA) is 51.2 Å². The van der Waals surface area contributed by atoms with Crippen LogP contribution in [0.1, 0.15) is 0 Å². The number of piperazine rings is 1. The van der Waals surface area contributed by atoms with Crippen LogP contribution in [0.15, 0.2) is 48.5 Å². The maximum atomic E-state index is 12.4. The normalized spacial score (nSPS) is 14.1. The summed E-state index contributed by atoms with van der Waals surface area (Å²) in [6.45, 7) is 3.02. The lowest BCUT2D eigenvalue weighted by Gasteiger charge is -2.36. The largest absolute Gasteiger partial charge is 0.497 e. The van der Waals surface area contributed by atoms with Gasteiger partial charge < -0.3 is 24.0 Å². The first-order chi connectivity index (χ1) is 12.7. The standard InChI is InChI=1S/C20H24N2O4/c1-24-17-8-6-16(7-9-17)21-10-12-22(13-11-21)20(23)15-26-19-5-3-4-18(14-19)25-2/h3-9,14H,10-13,15H2,1-2H3. The number of nitrogens with zero attached hydrogens (tertiary/aromatic N) is 2. The van der Waals surface area contributed by atoms with Crippen LogP contribution in [0.2, 0.25) is 0 Å². The maximum absolute atomic E-state index is 12.4. The summed E-state index contributed by atoms with van der Waals surface area (Å²) in [5, 5.41) is 0. The van der Waals surface area contributed by atoms with Crippen molar-refractivity contribution in [1.29, 1.82) is 0 Å². The zero-order valence-electron chi connectivity index (χ0n) is 15.2. The number of hydrogen-bond acceptors (Lipinski definition) is 5. The molecule has 1 aliphatic rings. The molecule has 0 N–H and O–H groups in total. The zero-order valence-corrected chi connectivity index (χ0v) is 15.2. The molecule has 0 aliphatic carbocycles. The summed E-state index contributed by atoms with van der Waals surface area (Å²) < 4.78 is 15.9. The van der Waals surface area contributed by atoms with Gasteiger partial charge in [0.1, 0.15) is 17.2 Å². The van der Waals surface area contributed by atoms with Crippen molar-refractivity contribution >= 4 is 11.6 Å². The summed E-state index contributed by atoms with van der Waals surface area (Å²) >= 11 is 0. The van der Waals surface area contributed by atoms with Gasteiger partial charge in [0.25, 0.3) is 5.91 Å². The van der Waals surface area contributed by atoms with Crippen LogP contribution < -0.4 is 19.1 Å². The molecule has 3 rings (SSSR count). The van der Waals surface area contributed by atoms with E-state index in [4.69, 9.17) is 14.2 Å². The highest BCUT2D eigenvalue weighted by Gasteiger charge is 2.21. The number of carbonyl (C=O) groups excluding carboxylic acids is 1. The molecular formula is C20H24N2O4. The van der Waals surface area contributed by atoms with Gasteiger partial charge in [-0.15, -0.1) is 0 Å². The van der Waals surface area contributed by atoms with E-state index >= 15 is 0 Å². The summed E-state index contributed by atoms with van der Waals surface area (Å²) in [5.74, 6) is 2.19. The van der Waals surface area contributed by atoms with Gasteiger partial charge in [-0.25, -0.2) is 0 Å². The minimum atomic E-state index is 0.00204. The average Bonchev–Trinajstić information content (AvgIpc) is 2.72. The number of hydrogen-bond donors (Lipinski definition) is 0. The Balaban J connectivity index is 1.48. The number of anilines is 1. The Kier molecular flexibility index (Phi) is 5.84. The van der Waals surface area contributed by atoms with Crippen molar-refractivity contribution in [1.82, 2.24) is 4.90 Å². The fourth-order valence-electron chi connectivity index (χ4n) is 2.93. The molecule has 26 heavy (non-hydrogen) atoms. The maximum Gasteiger partial charge on any atom is 0.260 e. The first kappa shape index (κ1) is 17.9. The minimum absolute atomic E-state index is 0.00204. The molecule has 0 atom stereocenters.